The number of urea groups is 1. The van der Waals surface area contributed by atoms with Crippen LogP contribution in [0.5, 0.6) is 0 Å². The first-order chi connectivity index (χ1) is 12.1. The van der Waals surface area contributed by atoms with Crippen molar-refractivity contribution in [1.82, 2.24) is 10.2 Å². The van der Waals surface area contributed by atoms with E-state index in [0.717, 1.165) is 13.0 Å². The lowest BCUT2D eigenvalue weighted by Gasteiger charge is -2.35. The van der Waals surface area contributed by atoms with Crippen LogP contribution in [-0.4, -0.2) is 43.6 Å². The summed E-state index contributed by atoms with van der Waals surface area (Å²) < 4.78 is 4.86. The summed E-state index contributed by atoms with van der Waals surface area (Å²) in [4.78, 5) is 26.1. The number of esters is 1. The Labute approximate surface area is 148 Å². The average Bonchev–Trinajstić information content (AvgIpc) is 3.17. The van der Waals surface area contributed by atoms with E-state index < -0.39 is 0 Å². The summed E-state index contributed by atoms with van der Waals surface area (Å²) in [7, 11) is 1.43. The molecule has 25 heavy (non-hydrogen) atoms. The molecule has 2 aliphatic carbocycles. The molecule has 5 nitrogen and oxygen atoms in total. The Morgan fingerprint density at radius 3 is 2.88 bits per heavy atom. The number of hydrogen-bond acceptors (Lipinski definition) is 3. The van der Waals surface area contributed by atoms with E-state index >= 15 is 0 Å². The lowest BCUT2D eigenvalue weighted by Crippen LogP contribution is -2.49. The SMILES string of the molecule is COC(=O)[C@@H]1CCN(C(=O)NC[C@@H]2[C@@H]3Cc4ccccc4[C@@H]23)C[C@@H]1C. The van der Waals surface area contributed by atoms with E-state index in [1.807, 2.05) is 11.8 Å². The van der Waals surface area contributed by atoms with Gasteiger partial charge in [-0.25, -0.2) is 4.79 Å². The highest BCUT2D eigenvalue weighted by molar-refractivity contribution is 5.76. The molecule has 1 saturated heterocycles. The van der Waals surface area contributed by atoms with E-state index in [2.05, 4.69) is 29.6 Å². The first kappa shape index (κ1) is 16.4. The maximum atomic E-state index is 12.5. The number of nitrogens with one attached hydrogen (secondary N) is 1. The van der Waals surface area contributed by atoms with Gasteiger partial charge in [0.15, 0.2) is 0 Å². The molecule has 1 heterocycles. The van der Waals surface area contributed by atoms with Gasteiger partial charge >= 0.3 is 12.0 Å². The van der Waals surface area contributed by atoms with E-state index in [0.29, 0.717) is 37.3 Å². The fourth-order valence-electron chi connectivity index (χ4n) is 4.91. The molecule has 0 aromatic heterocycles. The fraction of sp³-hybridized carbons (Fsp3) is 0.600. The Morgan fingerprint density at radius 2 is 2.12 bits per heavy atom. The minimum absolute atomic E-state index is 0.00780. The largest absolute Gasteiger partial charge is 0.469 e. The molecule has 1 aromatic rings. The molecule has 3 aliphatic rings. The highest BCUT2D eigenvalue weighted by Gasteiger charge is 2.55. The Hall–Kier alpha value is -2.04. The van der Waals surface area contributed by atoms with Gasteiger partial charge in [-0.15, -0.1) is 0 Å². The van der Waals surface area contributed by atoms with Crippen molar-refractivity contribution < 1.29 is 14.3 Å². The molecule has 1 N–H and O–H groups in total. The normalized spacial score (nSPS) is 32.6. The molecule has 134 valence electrons. The van der Waals surface area contributed by atoms with E-state index in [1.165, 1.54) is 18.2 Å². The summed E-state index contributed by atoms with van der Waals surface area (Å²) in [5, 5.41) is 3.12. The Balaban J connectivity index is 1.27. The van der Waals surface area contributed by atoms with Crippen LogP contribution in [0.2, 0.25) is 0 Å². The molecule has 0 bridgehead atoms. The van der Waals surface area contributed by atoms with Gasteiger partial charge in [-0.3, -0.25) is 4.79 Å². The van der Waals surface area contributed by atoms with Gasteiger partial charge in [-0.2, -0.15) is 0 Å². The van der Waals surface area contributed by atoms with Gasteiger partial charge in [0.1, 0.15) is 0 Å². The highest BCUT2D eigenvalue weighted by Crippen LogP contribution is 2.60. The third kappa shape index (κ3) is 2.90. The molecule has 5 atom stereocenters. The van der Waals surface area contributed by atoms with Crippen LogP contribution in [-0.2, 0) is 16.0 Å². The number of carbonyl (C=O) groups excluding carboxylic acids is 2. The second-order valence-corrected chi connectivity index (χ2v) is 7.78. The van der Waals surface area contributed by atoms with Crippen LogP contribution < -0.4 is 5.32 Å². The van der Waals surface area contributed by atoms with Crippen LogP contribution in [0.1, 0.15) is 30.4 Å². The maximum absolute atomic E-state index is 12.5. The first-order valence-corrected chi connectivity index (χ1v) is 9.28. The maximum Gasteiger partial charge on any atom is 0.317 e. The van der Waals surface area contributed by atoms with Crippen molar-refractivity contribution in [2.24, 2.45) is 23.7 Å². The predicted octanol–water partition coefficient (Wildman–Crippen LogP) is 2.41. The van der Waals surface area contributed by atoms with Gasteiger partial charge in [0.2, 0.25) is 0 Å². The fourth-order valence-corrected chi connectivity index (χ4v) is 4.91. The topological polar surface area (TPSA) is 58.6 Å². The lowest BCUT2D eigenvalue weighted by atomic mass is 9.87. The number of piperidine rings is 1. The molecule has 0 radical (unpaired) electrons. The molecule has 1 aliphatic heterocycles. The number of likely N-dealkylation sites (tertiary alicyclic amines) is 1. The summed E-state index contributed by atoms with van der Waals surface area (Å²) in [5.74, 6) is 1.83. The van der Waals surface area contributed by atoms with Gasteiger partial charge in [-0.1, -0.05) is 31.2 Å². The Morgan fingerprint density at radius 1 is 1.32 bits per heavy atom. The zero-order valence-electron chi connectivity index (χ0n) is 14.9. The summed E-state index contributed by atoms with van der Waals surface area (Å²) in [6.07, 6.45) is 1.84. The lowest BCUT2D eigenvalue weighted by molar-refractivity contribution is -0.148. The van der Waals surface area contributed by atoms with Gasteiger partial charge < -0.3 is 15.0 Å². The van der Waals surface area contributed by atoms with Gasteiger partial charge in [0, 0.05) is 19.6 Å². The van der Waals surface area contributed by atoms with Crippen LogP contribution in [0, 0.1) is 23.7 Å². The molecule has 2 amide bonds. The number of nitrogens with zero attached hydrogens (tertiary/aromatic N) is 1. The average molecular weight is 342 g/mol. The molecule has 1 aromatic carbocycles. The molecule has 5 heteroatoms. The molecular weight excluding hydrogens is 316 g/mol. The minimum atomic E-state index is -0.156. The number of rotatable bonds is 3. The number of ether oxygens (including phenoxy) is 1. The van der Waals surface area contributed by atoms with Crippen LogP contribution >= 0.6 is 0 Å². The van der Waals surface area contributed by atoms with Crippen molar-refractivity contribution >= 4 is 12.0 Å². The van der Waals surface area contributed by atoms with Crippen molar-refractivity contribution in [1.29, 1.82) is 0 Å². The van der Waals surface area contributed by atoms with Gasteiger partial charge in [0.25, 0.3) is 0 Å². The molecule has 0 unspecified atom stereocenters. The second-order valence-electron chi connectivity index (χ2n) is 7.78. The van der Waals surface area contributed by atoms with Crippen LogP contribution in [0.15, 0.2) is 24.3 Å². The van der Waals surface area contributed by atoms with Crippen LogP contribution in [0.25, 0.3) is 0 Å². The number of carbonyl (C=O) groups is 2. The number of hydrogen-bond donors (Lipinski definition) is 1. The second kappa shape index (κ2) is 6.36. The van der Waals surface area contributed by atoms with E-state index in [1.54, 1.807) is 0 Å². The van der Waals surface area contributed by atoms with Crippen molar-refractivity contribution in [3.63, 3.8) is 0 Å². The summed E-state index contributed by atoms with van der Waals surface area (Å²) in [6, 6.07) is 8.69. The molecule has 2 fully saturated rings. The van der Waals surface area contributed by atoms with Gasteiger partial charge in [-0.05, 0) is 47.6 Å². The molecule has 4 rings (SSSR count). The summed E-state index contributed by atoms with van der Waals surface area (Å²) in [6.45, 7) is 4.01. The molecule has 0 spiro atoms. The number of fused-ring (bicyclic) bond motifs is 3. The number of methoxy groups -OCH3 is 1. The Bertz CT molecular complexity index is 689. The van der Waals surface area contributed by atoms with Crippen molar-refractivity contribution in [2.75, 3.05) is 26.7 Å². The summed E-state index contributed by atoms with van der Waals surface area (Å²) >= 11 is 0. The quantitative estimate of drug-likeness (QED) is 0.858. The van der Waals surface area contributed by atoms with E-state index in [-0.39, 0.29) is 23.8 Å². The monoisotopic (exact) mass is 342 g/mol. The predicted molar refractivity (Wildman–Crippen MR) is 94.1 cm³/mol. The van der Waals surface area contributed by atoms with Crippen molar-refractivity contribution in [3.05, 3.63) is 35.4 Å². The summed E-state index contributed by atoms with van der Waals surface area (Å²) in [5.41, 5.74) is 2.97. The van der Waals surface area contributed by atoms with Gasteiger partial charge in [0.05, 0.1) is 13.0 Å². The van der Waals surface area contributed by atoms with Crippen molar-refractivity contribution in [3.8, 4) is 0 Å². The first-order valence-electron chi connectivity index (χ1n) is 9.28. The van der Waals surface area contributed by atoms with Crippen LogP contribution in [0.4, 0.5) is 4.79 Å². The third-order valence-electron chi connectivity index (χ3n) is 6.39. The standard InChI is InChI=1S/C20H26N2O3/c1-12-11-22(8-7-14(12)19(23)25-2)20(24)21-10-17-16-9-13-5-3-4-6-15(13)18(16)17/h3-6,12,14,16-18H,7-11H2,1-2H3,(H,21,24)/t12-,14+,16-,17+,18+/m0/s1. The van der Waals surface area contributed by atoms with Crippen LogP contribution in [0.3, 0.4) is 0 Å². The van der Waals surface area contributed by atoms with E-state index in [9.17, 15) is 9.59 Å². The van der Waals surface area contributed by atoms with E-state index in [4.69, 9.17) is 4.74 Å². The Kier molecular flexibility index (Phi) is 4.18. The zero-order chi connectivity index (χ0) is 17.6. The highest BCUT2D eigenvalue weighted by atomic mass is 16.5. The smallest absolute Gasteiger partial charge is 0.317 e. The zero-order valence-corrected chi connectivity index (χ0v) is 14.9. The van der Waals surface area contributed by atoms with Crippen molar-refractivity contribution in [2.45, 2.75) is 25.7 Å². The molecular formula is C20H26N2O3. The minimum Gasteiger partial charge on any atom is -0.469 e. The number of benzene rings is 1. The third-order valence-corrected chi connectivity index (χ3v) is 6.39. The number of amides is 2. The molecule has 1 saturated carbocycles.